The van der Waals surface area contributed by atoms with Crippen molar-refractivity contribution in [1.29, 1.82) is 0 Å². The number of hydrogen-bond acceptors (Lipinski definition) is 2. The van der Waals surface area contributed by atoms with Crippen LogP contribution in [0.15, 0.2) is 53.5 Å². The van der Waals surface area contributed by atoms with Crippen molar-refractivity contribution in [1.82, 2.24) is 0 Å². The maximum absolute atomic E-state index is 6.71. The minimum atomic E-state index is 0.247. The van der Waals surface area contributed by atoms with E-state index in [1.807, 2.05) is 6.21 Å². The standard InChI is InChI=1S/C23H28N2/c1-15(2)21-13-17-9-5-6-10-18(17)22(14-25-16(3)4)23(24)20-12-8-7-11-19(20)21/h5-12,14-16,21H,13,24H2,1-4H3. The summed E-state index contributed by atoms with van der Waals surface area (Å²) in [6.45, 7) is 8.77. The van der Waals surface area contributed by atoms with E-state index >= 15 is 0 Å². The zero-order valence-corrected chi connectivity index (χ0v) is 15.7. The molecular weight excluding hydrogens is 304 g/mol. The molecule has 2 aromatic carbocycles. The molecule has 2 nitrogen and oxygen atoms in total. The van der Waals surface area contributed by atoms with E-state index in [-0.39, 0.29) is 6.04 Å². The molecule has 3 rings (SSSR count). The fourth-order valence-corrected chi connectivity index (χ4v) is 3.62. The molecule has 0 bridgehead atoms. The Morgan fingerprint density at radius 3 is 2.28 bits per heavy atom. The van der Waals surface area contributed by atoms with Crippen LogP contribution >= 0.6 is 0 Å². The van der Waals surface area contributed by atoms with Crippen LogP contribution in [0.25, 0.3) is 11.3 Å². The first kappa shape index (κ1) is 17.5. The molecule has 1 atom stereocenters. The lowest BCUT2D eigenvalue weighted by atomic mass is 9.77. The second-order valence-corrected chi connectivity index (χ2v) is 7.50. The highest BCUT2D eigenvalue weighted by molar-refractivity contribution is 6.19. The van der Waals surface area contributed by atoms with Crippen LogP contribution in [0.3, 0.4) is 0 Å². The first-order valence-electron chi connectivity index (χ1n) is 9.19. The molecule has 0 saturated carbocycles. The molecular formula is C23H28N2. The lowest BCUT2D eigenvalue weighted by Crippen LogP contribution is -2.18. The Bertz CT molecular complexity index is 812. The topological polar surface area (TPSA) is 38.4 Å². The van der Waals surface area contributed by atoms with E-state index in [1.54, 1.807) is 0 Å². The smallest absolute Gasteiger partial charge is 0.0485 e. The van der Waals surface area contributed by atoms with E-state index in [2.05, 4.69) is 81.2 Å². The SMILES string of the molecule is CC(C)N=CC1=C(N)c2ccccc2C(C(C)C)Cc2ccccc21. The van der Waals surface area contributed by atoms with Crippen molar-refractivity contribution in [3.05, 3.63) is 70.8 Å². The number of allylic oxidation sites excluding steroid dienone is 1. The predicted molar refractivity (Wildman–Crippen MR) is 109 cm³/mol. The molecule has 1 aliphatic rings. The highest BCUT2D eigenvalue weighted by Crippen LogP contribution is 2.38. The third kappa shape index (κ3) is 3.53. The number of hydrogen-bond donors (Lipinski definition) is 1. The Kier molecular flexibility index (Phi) is 5.08. The molecule has 0 heterocycles. The summed E-state index contributed by atoms with van der Waals surface area (Å²) in [5.74, 6) is 1.01. The highest BCUT2D eigenvalue weighted by atomic mass is 14.7. The zero-order valence-electron chi connectivity index (χ0n) is 15.7. The fraction of sp³-hybridized carbons (Fsp3) is 0.348. The van der Waals surface area contributed by atoms with Gasteiger partial charge in [-0.2, -0.15) is 0 Å². The van der Waals surface area contributed by atoms with E-state index < -0.39 is 0 Å². The maximum atomic E-state index is 6.71. The van der Waals surface area contributed by atoms with Crippen LogP contribution in [0.4, 0.5) is 0 Å². The number of benzene rings is 2. The normalized spacial score (nSPS) is 17.6. The van der Waals surface area contributed by atoms with Gasteiger partial charge in [0.05, 0.1) is 0 Å². The molecule has 1 aliphatic carbocycles. The van der Waals surface area contributed by atoms with Crippen molar-refractivity contribution in [3.8, 4) is 0 Å². The van der Waals surface area contributed by atoms with E-state index in [0.717, 1.165) is 23.3 Å². The number of nitrogens with zero attached hydrogens (tertiary/aromatic N) is 1. The van der Waals surface area contributed by atoms with Crippen LogP contribution in [0.2, 0.25) is 0 Å². The molecule has 0 saturated heterocycles. The molecule has 130 valence electrons. The summed E-state index contributed by atoms with van der Waals surface area (Å²) in [5, 5.41) is 0. The van der Waals surface area contributed by atoms with Gasteiger partial charge in [-0.3, -0.25) is 4.99 Å². The molecule has 0 aromatic heterocycles. The molecule has 0 radical (unpaired) electrons. The lowest BCUT2D eigenvalue weighted by Gasteiger charge is -2.28. The number of nitrogens with two attached hydrogens (primary N) is 1. The van der Waals surface area contributed by atoms with Gasteiger partial charge in [0.1, 0.15) is 0 Å². The lowest BCUT2D eigenvalue weighted by molar-refractivity contribution is 0.494. The molecule has 25 heavy (non-hydrogen) atoms. The molecule has 2 aromatic rings. The van der Waals surface area contributed by atoms with Crippen molar-refractivity contribution in [2.24, 2.45) is 16.6 Å². The third-order valence-corrected chi connectivity index (χ3v) is 4.99. The zero-order chi connectivity index (χ0) is 18.0. The fourth-order valence-electron chi connectivity index (χ4n) is 3.62. The largest absolute Gasteiger partial charge is 0.398 e. The van der Waals surface area contributed by atoms with Crippen LogP contribution in [0, 0.1) is 5.92 Å². The number of aliphatic imine (C=N–C) groups is 1. The van der Waals surface area contributed by atoms with E-state index in [0.29, 0.717) is 11.8 Å². The second kappa shape index (κ2) is 7.26. The Hall–Kier alpha value is -2.35. The van der Waals surface area contributed by atoms with Gasteiger partial charge in [0.15, 0.2) is 0 Å². The van der Waals surface area contributed by atoms with Gasteiger partial charge in [-0.1, -0.05) is 62.4 Å². The second-order valence-electron chi connectivity index (χ2n) is 7.50. The van der Waals surface area contributed by atoms with Crippen LogP contribution < -0.4 is 5.73 Å². The van der Waals surface area contributed by atoms with Gasteiger partial charge < -0.3 is 5.73 Å². The van der Waals surface area contributed by atoms with Crippen LogP contribution in [-0.4, -0.2) is 12.3 Å². The first-order chi connectivity index (χ1) is 12.0. The summed E-state index contributed by atoms with van der Waals surface area (Å²) < 4.78 is 0. The minimum Gasteiger partial charge on any atom is -0.398 e. The van der Waals surface area contributed by atoms with Crippen LogP contribution in [0.5, 0.6) is 0 Å². The highest BCUT2D eigenvalue weighted by Gasteiger charge is 2.25. The van der Waals surface area contributed by atoms with Gasteiger partial charge >= 0.3 is 0 Å². The Labute approximate surface area is 151 Å². The van der Waals surface area contributed by atoms with E-state index in [1.165, 1.54) is 16.7 Å². The molecule has 0 spiro atoms. The maximum Gasteiger partial charge on any atom is 0.0485 e. The van der Waals surface area contributed by atoms with Crippen molar-refractivity contribution in [2.45, 2.75) is 46.1 Å². The van der Waals surface area contributed by atoms with Gasteiger partial charge in [0.25, 0.3) is 0 Å². The monoisotopic (exact) mass is 332 g/mol. The van der Waals surface area contributed by atoms with Gasteiger partial charge in [0, 0.05) is 29.1 Å². The van der Waals surface area contributed by atoms with Crippen LogP contribution in [0.1, 0.15) is 55.9 Å². The van der Waals surface area contributed by atoms with Gasteiger partial charge in [-0.25, -0.2) is 0 Å². The van der Waals surface area contributed by atoms with Crippen LogP contribution in [-0.2, 0) is 6.42 Å². The molecule has 2 heteroatoms. The molecule has 1 unspecified atom stereocenters. The number of fused-ring (bicyclic) bond motifs is 2. The van der Waals surface area contributed by atoms with Crippen molar-refractivity contribution >= 4 is 17.5 Å². The summed E-state index contributed by atoms with van der Waals surface area (Å²) in [6, 6.07) is 17.4. The summed E-state index contributed by atoms with van der Waals surface area (Å²) in [4.78, 5) is 4.63. The van der Waals surface area contributed by atoms with Crippen molar-refractivity contribution in [3.63, 3.8) is 0 Å². The number of rotatable bonds is 3. The summed E-state index contributed by atoms with van der Waals surface area (Å²) in [7, 11) is 0. The summed E-state index contributed by atoms with van der Waals surface area (Å²) in [6.07, 6.45) is 2.99. The van der Waals surface area contributed by atoms with Gasteiger partial charge in [0.2, 0.25) is 0 Å². The molecule has 0 aliphatic heterocycles. The quantitative estimate of drug-likeness (QED) is 0.762. The minimum absolute atomic E-state index is 0.247. The summed E-state index contributed by atoms with van der Waals surface area (Å²) >= 11 is 0. The molecule has 0 amide bonds. The Morgan fingerprint density at radius 2 is 1.60 bits per heavy atom. The van der Waals surface area contributed by atoms with Crippen molar-refractivity contribution in [2.75, 3.05) is 0 Å². The Morgan fingerprint density at radius 1 is 0.960 bits per heavy atom. The summed E-state index contributed by atoms with van der Waals surface area (Å²) in [5.41, 5.74) is 13.6. The van der Waals surface area contributed by atoms with E-state index in [9.17, 15) is 0 Å². The molecule has 0 fully saturated rings. The Balaban J connectivity index is 2.30. The average molecular weight is 332 g/mol. The van der Waals surface area contributed by atoms with Gasteiger partial charge in [-0.05, 0) is 48.8 Å². The molecule has 2 N–H and O–H groups in total. The van der Waals surface area contributed by atoms with Crippen molar-refractivity contribution < 1.29 is 0 Å². The predicted octanol–water partition coefficient (Wildman–Crippen LogP) is 5.29. The van der Waals surface area contributed by atoms with E-state index in [4.69, 9.17) is 5.73 Å². The average Bonchev–Trinajstić information content (AvgIpc) is 2.59. The first-order valence-corrected chi connectivity index (χ1v) is 9.19. The van der Waals surface area contributed by atoms with Gasteiger partial charge in [-0.15, -0.1) is 0 Å². The third-order valence-electron chi connectivity index (χ3n) is 4.99.